The molecule has 0 aliphatic heterocycles. The van der Waals surface area contributed by atoms with Gasteiger partial charge in [0.2, 0.25) is 0 Å². The Balaban J connectivity index is 3.10. The number of aliphatic hydroxyl groups is 1. The maximum atomic E-state index is 13.3. The second kappa shape index (κ2) is 6.71. The molecule has 1 aromatic rings. The zero-order valence-corrected chi connectivity index (χ0v) is 11.4. The quantitative estimate of drug-likeness (QED) is 0.819. The first-order chi connectivity index (χ1) is 8.47. The Kier molecular flexibility index (Phi) is 5.56. The largest absolute Gasteiger partial charge is 0.396 e. The number of nitrogens with zero attached hydrogens (tertiary/aromatic N) is 1. The van der Waals surface area contributed by atoms with Gasteiger partial charge in [0.05, 0.1) is 0 Å². The van der Waals surface area contributed by atoms with Gasteiger partial charge in [-0.25, -0.2) is 4.39 Å². The molecule has 0 fully saturated rings. The van der Waals surface area contributed by atoms with Crippen LogP contribution in [0.4, 0.5) is 10.1 Å². The van der Waals surface area contributed by atoms with Crippen LogP contribution in [0.2, 0.25) is 0 Å². The first-order valence-corrected chi connectivity index (χ1v) is 6.40. The number of benzene rings is 1. The molecule has 0 aliphatic rings. The first-order valence-electron chi connectivity index (χ1n) is 6.40. The molecular formula is C14H23FN2O. The van der Waals surface area contributed by atoms with E-state index >= 15 is 0 Å². The molecule has 0 spiro atoms. The summed E-state index contributed by atoms with van der Waals surface area (Å²) in [7, 11) is 0. The van der Waals surface area contributed by atoms with Crippen molar-refractivity contribution in [3.8, 4) is 0 Å². The van der Waals surface area contributed by atoms with Gasteiger partial charge in [-0.15, -0.1) is 0 Å². The summed E-state index contributed by atoms with van der Waals surface area (Å²) in [6, 6.07) is 4.78. The zero-order chi connectivity index (χ0) is 13.7. The van der Waals surface area contributed by atoms with Gasteiger partial charge in [-0.2, -0.15) is 0 Å². The van der Waals surface area contributed by atoms with E-state index in [2.05, 4.69) is 18.7 Å². The van der Waals surface area contributed by atoms with Gasteiger partial charge in [0.1, 0.15) is 5.82 Å². The molecule has 102 valence electrons. The van der Waals surface area contributed by atoms with E-state index in [0.717, 1.165) is 17.8 Å². The van der Waals surface area contributed by atoms with Crippen molar-refractivity contribution in [3.63, 3.8) is 0 Å². The summed E-state index contributed by atoms with van der Waals surface area (Å²) in [5.74, 6) is -0.267. The van der Waals surface area contributed by atoms with Gasteiger partial charge < -0.3 is 15.7 Å². The molecule has 0 unspecified atom stereocenters. The van der Waals surface area contributed by atoms with Gasteiger partial charge in [-0.05, 0) is 51.0 Å². The maximum Gasteiger partial charge on any atom is 0.123 e. The monoisotopic (exact) mass is 254 g/mol. The third-order valence-electron chi connectivity index (χ3n) is 2.97. The minimum atomic E-state index is -0.267. The van der Waals surface area contributed by atoms with Crippen LogP contribution in [0.1, 0.15) is 38.8 Å². The number of nitrogens with two attached hydrogens (primary N) is 1. The van der Waals surface area contributed by atoms with Crippen LogP contribution < -0.4 is 10.6 Å². The Morgan fingerprint density at radius 1 is 1.33 bits per heavy atom. The number of hydrogen-bond acceptors (Lipinski definition) is 3. The fourth-order valence-corrected chi connectivity index (χ4v) is 2.05. The summed E-state index contributed by atoms with van der Waals surface area (Å²) in [4.78, 5) is 2.15. The van der Waals surface area contributed by atoms with Crippen molar-refractivity contribution < 1.29 is 9.50 Å². The fourth-order valence-electron chi connectivity index (χ4n) is 2.05. The molecule has 0 bridgehead atoms. The lowest BCUT2D eigenvalue weighted by molar-refractivity contribution is 0.288. The van der Waals surface area contributed by atoms with Crippen LogP contribution in [-0.2, 0) is 0 Å². The summed E-state index contributed by atoms with van der Waals surface area (Å²) in [5, 5.41) is 8.96. The molecule has 1 aromatic carbocycles. The van der Waals surface area contributed by atoms with E-state index in [1.54, 1.807) is 6.07 Å². The summed E-state index contributed by atoms with van der Waals surface area (Å²) < 4.78 is 13.3. The van der Waals surface area contributed by atoms with Gasteiger partial charge in [0.25, 0.3) is 0 Å². The summed E-state index contributed by atoms with van der Waals surface area (Å²) in [6.45, 7) is 6.89. The molecule has 0 saturated heterocycles. The van der Waals surface area contributed by atoms with Crippen LogP contribution in [0, 0.1) is 5.82 Å². The molecule has 0 saturated carbocycles. The molecule has 4 heteroatoms. The van der Waals surface area contributed by atoms with Crippen LogP contribution >= 0.6 is 0 Å². The van der Waals surface area contributed by atoms with Crippen LogP contribution in [-0.4, -0.2) is 24.3 Å². The molecule has 0 radical (unpaired) electrons. The normalized spacial score (nSPS) is 12.8. The highest BCUT2D eigenvalue weighted by Crippen LogP contribution is 2.27. The lowest BCUT2D eigenvalue weighted by Crippen LogP contribution is -2.33. The van der Waals surface area contributed by atoms with E-state index in [4.69, 9.17) is 10.8 Å². The molecule has 1 rings (SSSR count). The molecule has 0 aliphatic carbocycles. The van der Waals surface area contributed by atoms with Crippen molar-refractivity contribution in [1.82, 2.24) is 0 Å². The first kappa shape index (κ1) is 14.9. The van der Waals surface area contributed by atoms with E-state index in [-0.39, 0.29) is 24.5 Å². The van der Waals surface area contributed by atoms with Crippen molar-refractivity contribution in [1.29, 1.82) is 0 Å². The lowest BCUT2D eigenvalue weighted by atomic mass is 10.0. The number of rotatable bonds is 6. The topological polar surface area (TPSA) is 49.5 Å². The second-order valence-electron chi connectivity index (χ2n) is 4.86. The summed E-state index contributed by atoms with van der Waals surface area (Å²) >= 11 is 0. The number of aliphatic hydroxyl groups excluding tert-OH is 1. The van der Waals surface area contributed by atoms with Crippen molar-refractivity contribution in [2.75, 3.05) is 18.1 Å². The minimum Gasteiger partial charge on any atom is -0.396 e. The van der Waals surface area contributed by atoms with Gasteiger partial charge in [0, 0.05) is 30.9 Å². The van der Waals surface area contributed by atoms with Crippen LogP contribution in [0.3, 0.4) is 0 Å². The summed E-state index contributed by atoms with van der Waals surface area (Å²) in [5.41, 5.74) is 7.67. The fraction of sp³-hybridized carbons (Fsp3) is 0.571. The SMILES string of the molecule is CC(C)N(CCCO)c1ccc(F)cc1[C@H](C)N. The highest BCUT2D eigenvalue weighted by Gasteiger charge is 2.16. The Morgan fingerprint density at radius 2 is 2.00 bits per heavy atom. The van der Waals surface area contributed by atoms with E-state index in [0.29, 0.717) is 6.42 Å². The van der Waals surface area contributed by atoms with Crippen LogP contribution in [0.15, 0.2) is 18.2 Å². The molecule has 0 amide bonds. The lowest BCUT2D eigenvalue weighted by Gasteiger charge is -2.31. The van der Waals surface area contributed by atoms with Gasteiger partial charge >= 0.3 is 0 Å². The van der Waals surface area contributed by atoms with Gasteiger partial charge in [-0.1, -0.05) is 0 Å². The van der Waals surface area contributed by atoms with Crippen LogP contribution in [0.5, 0.6) is 0 Å². The van der Waals surface area contributed by atoms with Gasteiger partial charge in [0.15, 0.2) is 0 Å². The summed E-state index contributed by atoms with van der Waals surface area (Å²) in [6.07, 6.45) is 0.688. The molecule has 0 aromatic heterocycles. The van der Waals surface area contributed by atoms with E-state index in [1.165, 1.54) is 12.1 Å². The van der Waals surface area contributed by atoms with Crippen molar-refractivity contribution >= 4 is 5.69 Å². The Morgan fingerprint density at radius 3 is 2.50 bits per heavy atom. The third kappa shape index (κ3) is 3.68. The molecule has 0 heterocycles. The number of hydrogen-bond donors (Lipinski definition) is 2. The molecule has 1 atom stereocenters. The highest BCUT2D eigenvalue weighted by atomic mass is 19.1. The van der Waals surface area contributed by atoms with Crippen LogP contribution in [0.25, 0.3) is 0 Å². The third-order valence-corrected chi connectivity index (χ3v) is 2.97. The van der Waals surface area contributed by atoms with Crippen molar-refractivity contribution in [3.05, 3.63) is 29.6 Å². The Hall–Kier alpha value is -1.13. The average molecular weight is 254 g/mol. The highest BCUT2D eigenvalue weighted by molar-refractivity contribution is 5.55. The standard InChI is InChI=1S/C14H23FN2O/c1-10(2)17(7-4-8-18)14-6-5-12(15)9-13(14)11(3)16/h5-6,9-11,18H,4,7-8,16H2,1-3H3/t11-/m0/s1. The van der Waals surface area contributed by atoms with Crippen molar-refractivity contribution in [2.45, 2.75) is 39.3 Å². The predicted octanol–water partition coefficient (Wildman–Crippen LogP) is 2.44. The Labute approximate surface area is 108 Å². The molecular weight excluding hydrogens is 231 g/mol. The predicted molar refractivity (Wildman–Crippen MR) is 73.2 cm³/mol. The van der Waals surface area contributed by atoms with Gasteiger partial charge in [-0.3, -0.25) is 0 Å². The molecule has 18 heavy (non-hydrogen) atoms. The Bertz CT molecular complexity index is 380. The number of halogens is 1. The smallest absolute Gasteiger partial charge is 0.123 e. The molecule has 3 nitrogen and oxygen atoms in total. The van der Waals surface area contributed by atoms with E-state index in [9.17, 15) is 4.39 Å². The minimum absolute atomic E-state index is 0.151. The second-order valence-corrected chi connectivity index (χ2v) is 4.86. The van der Waals surface area contributed by atoms with E-state index < -0.39 is 0 Å². The van der Waals surface area contributed by atoms with E-state index in [1.807, 2.05) is 6.92 Å². The zero-order valence-electron chi connectivity index (χ0n) is 11.4. The van der Waals surface area contributed by atoms with Crippen molar-refractivity contribution in [2.24, 2.45) is 5.73 Å². The maximum absolute atomic E-state index is 13.3. The molecule has 3 N–H and O–H groups in total. The number of anilines is 1. The average Bonchev–Trinajstić information content (AvgIpc) is 2.30.